The molecule has 1 N–H and O–H groups in total. The van der Waals surface area contributed by atoms with Crippen LogP contribution in [0.3, 0.4) is 0 Å². The maximum absolute atomic E-state index is 12.4. The molecule has 3 aromatic carbocycles. The molecule has 0 saturated carbocycles. The zero-order valence-electron chi connectivity index (χ0n) is 19.4. The highest BCUT2D eigenvalue weighted by molar-refractivity contribution is 7.99. The Balaban J connectivity index is 1.47. The molecule has 0 fully saturated rings. The number of aryl methyl sites for hydroxylation is 2. The van der Waals surface area contributed by atoms with E-state index < -0.39 is 0 Å². The van der Waals surface area contributed by atoms with Crippen LogP contribution in [0.15, 0.2) is 94.2 Å². The van der Waals surface area contributed by atoms with Crippen molar-refractivity contribution in [3.63, 3.8) is 0 Å². The largest absolute Gasteiger partial charge is 0.272 e. The number of hydrogen-bond donors (Lipinski definition) is 1. The molecule has 0 radical (unpaired) electrons. The lowest BCUT2D eigenvalue weighted by molar-refractivity contribution is -0.118. The van der Waals surface area contributed by atoms with Crippen LogP contribution >= 0.6 is 23.4 Å². The molecule has 8 heteroatoms. The molecule has 6 nitrogen and oxygen atoms in total. The number of halogens is 1. The highest BCUT2D eigenvalue weighted by Crippen LogP contribution is 2.28. The zero-order valence-corrected chi connectivity index (χ0v) is 20.9. The number of aromatic nitrogens is 3. The van der Waals surface area contributed by atoms with Crippen LogP contribution in [-0.2, 0) is 4.79 Å². The number of thioether (sulfide) groups is 1. The minimum absolute atomic E-state index is 0.120. The molecule has 0 saturated heterocycles. The molecule has 176 valence electrons. The molecule has 35 heavy (non-hydrogen) atoms. The summed E-state index contributed by atoms with van der Waals surface area (Å²) in [7, 11) is 0. The van der Waals surface area contributed by atoms with Crippen molar-refractivity contribution < 1.29 is 4.79 Å². The van der Waals surface area contributed by atoms with Gasteiger partial charge in [0, 0.05) is 11.3 Å². The molecule has 0 bridgehead atoms. The second kappa shape index (κ2) is 11.6. The Morgan fingerprint density at radius 2 is 1.63 bits per heavy atom. The maximum Gasteiger partial charge on any atom is 0.250 e. The Labute approximate surface area is 213 Å². The van der Waals surface area contributed by atoms with Gasteiger partial charge in [0.15, 0.2) is 11.0 Å². The van der Waals surface area contributed by atoms with Crippen molar-refractivity contribution in [3.8, 4) is 17.1 Å². The maximum atomic E-state index is 12.4. The first-order valence-electron chi connectivity index (χ1n) is 11.0. The fraction of sp³-hybridized carbons (Fsp3) is 0.111. The van der Waals surface area contributed by atoms with Gasteiger partial charge in [-0.05, 0) is 37.6 Å². The van der Waals surface area contributed by atoms with Crippen LogP contribution in [0, 0.1) is 13.8 Å². The molecular formula is C27H24ClN5OS. The molecule has 1 aromatic heterocycles. The van der Waals surface area contributed by atoms with E-state index in [2.05, 4.69) is 20.7 Å². The van der Waals surface area contributed by atoms with Crippen LogP contribution in [-0.4, -0.2) is 32.6 Å². The van der Waals surface area contributed by atoms with Crippen molar-refractivity contribution in [1.82, 2.24) is 20.2 Å². The molecule has 1 heterocycles. The number of hydrogen-bond acceptors (Lipinski definition) is 5. The third-order valence-electron chi connectivity index (χ3n) is 5.05. The summed E-state index contributed by atoms with van der Waals surface area (Å²) in [4.78, 5) is 12.4. The van der Waals surface area contributed by atoms with Crippen molar-refractivity contribution in [2.75, 3.05) is 5.75 Å². The van der Waals surface area contributed by atoms with Crippen molar-refractivity contribution >= 4 is 41.6 Å². The Bertz CT molecular complexity index is 1350. The molecule has 4 aromatic rings. The standard InChI is InChI=1S/C27H24ClN5OS/c1-19-8-12-22(13-9-19)26-31-32-27(33(26)24-14-10-20(2)11-15-24)35-18-25(34)30-29-17-23(28)16-21-6-4-3-5-7-21/h3-17H,18H2,1-2H3,(H,30,34)/b23-16-,29-17-. The van der Waals surface area contributed by atoms with Crippen LogP contribution in [0.25, 0.3) is 23.2 Å². The molecule has 0 atom stereocenters. The minimum atomic E-state index is -0.272. The van der Waals surface area contributed by atoms with E-state index in [0.717, 1.165) is 22.4 Å². The summed E-state index contributed by atoms with van der Waals surface area (Å²) in [5.74, 6) is 0.563. The lowest BCUT2D eigenvalue weighted by Gasteiger charge is -2.11. The molecule has 0 unspecified atom stereocenters. The molecule has 0 aliphatic heterocycles. The fourth-order valence-corrected chi connectivity index (χ4v) is 4.17. The van der Waals surface area contributed by atoms with Gasteiger partial charge in [0.05, 0.1) is 17.0 Å². The van der Waals surface area contributed by atoms with Gasteiger partial charge in [0.1, 0.15) is 0 Å². The fourth-order valence-electron chi connectivity index (χ4n) is 3.25. The second-order valence-electron chi connectivity index (χ2n) is 7.86. The van der Waals surface area contributed by atoms with Gasteiger partial charge >= 0.3 is 0 Å². The van der Waals surface area contributed by atoms with E-state index in [0.29, 0.717) is 16.0 Å². The first kappa shape index (κ1) is 24.4. The average Bonchev–Trinajstić information content (AvgIpc) is 3.28. The summed E-state index contributed by atoms with van der Waals surface area (Å²) in [5.41, 5.74) is 7.66. The van der Waals surface area contributed by atoms with E-state index in [1.807, 2.05) is 97.3 Å². The number of allylic oxidation sites excluding steroid dienone is 1. The molecule has 4 rings (SSSR count). The van der Waals surface area contributed by atoms with E-state index in [1.165, 1.54) is 23.5 Å². The molecular weight excluding hydrogens is 478 g/mol. The van der Waals surface area contributed by atoms with E-state index in [1.54, 1.807) is 6.08 Å². The van der Waals surface area contributed by atoms with Gasteiger partial charge in [0.25, 0.3) is 5.91 Å². The predicted octanol–water partition coefficient (Wildman–Crippen LogP) is 6.03. The number of hydrazone groups is 1. The van der Waals surface area contributed by atoms with E-state index in [9.17, 15) is 4.79 Å². The van der Waals surface area contributed by atoms with Crippen molar-refractivity contribution in [3.05, 3.63) is 101 Å². The van der Waals surface area contributed by atoms with Gasteiger partial charge in [-0.3, -0.25) is 9.36 Å². The van der Waals surface area contributed by atoms with E-state index >= 15 is 0 Å². The first-order chi connectivity index (χ1) is 17.0. The third kappa shape index (κ3) is 6.68. The van der Waals surface area contributed by atoms with Crippen LogP contribution in [0.5, 0.6) is 0 Å². The first-order valence-corrected chi connectivity index (χ1v) is 12.3. The van der Waals surface area contributed by atoms with Crippen molar-refractivity contribution in [2.24, 2.45) is 5.10 Å². The average molecular weight is 502 g/mol. The minimum Gasteiger partial charge on any atom is -0.272 e. The highest BCUT2D eigenvalue weighted by Gasteiger charge is 2.17. The number of rotatable bonds is 8. The Morgan fingerprint density at radius 1 is 0.971 bits per heavy atom. The summed E-state index contributed by atoms with van der Waals surface area (Å²) < 4.78 is 1.96. The lowest BCUT2D eigenvalue weighted by atomic mass is 10.1. The van der Waals surface area contributed by atoms with Gasteiger partial charge in [-0.2, -0.15) is 5.10 Å². The number of carbonyl (C=O) groups excluding carboxylic acids is 1. The monoisotopic (exact) mass is 501 g/mol. The number of nitrogens with zero attached hydrogens (tertiary/aromatic N) is 4. The zero-order chi connectivity index (χ0) is 24.6. The number of carbonyl (C=O) groups is 1. The van der Waals surface area contributed by atoms with Gasteiger partial charge in [-0.25, -0.2) is 5.43 Å². The topological polar surface area (TPSA) is 72.2 Å². The predicted molar refractivity (Wildman–Crippen MR) is 144 cm³/mol. The van der Waals surface area contributed by atoms with Gasteiger partial charge in [0.2, 0.25) is 0 Å². The number of nitrogens with one attached hydrogen (secondary N) is 1. The normalized spacial score (nSPS) is 11.7. The van der Waals surface area contributed by atoms with Crippen LogP contribution < -0.4 is 5.43 Å². The molecule has 0 aliphatic rings. The molecule has 0 spiro atoms. The van der Waals surface area contributed by atoms with Gasteiger partial charge in [-0.15, -0.1) is 10.2 Å². The molecule has 1 amide bonds. The number of benzene rings is 3. The second-order valence-corrected chi connectivity index (χ2v) is 9.24. The SMILES string of the molecule is Cc1ccc(-c2nnc(SCC(=O)N/N=C\C(Cl)=C\c3ccccc3)n2-c2ccc(C)cc2)cc1. The lowest BCUT2D eigenvalue weighted by Crippen LogP contribution is -2.19. The van der Waals surface area contributed by atoms with E-state index in [-0.39, 0.29) is 11.7 Å². The summed E-state index contributed by atoms with van der Waals surface area (Å²) in [5, 5.41) is 13.8. The summed E-state index contributed by atoms with van der Waals surface area (Å²) in [6, 6.07) is 25.9. The van der Waals surface area contributed by atoms with Gasteiger partial charge in [-0.1, -0.05) is 101 Å². The Morgan fingerprint density at radius 3 is 2.31 bits per heavy atom. The van der Waals surface area contributed by atoms with Crippen LogP contribution in [0.2, 0.25) is 0 Å². The van der Waals surface area contributed by atoms with Gasteiger partial charge < -0.3 is 0 Å². The van der Waals surface area contributed by atoms with Crippen LogP contribution in [0.1, 0.15) is 16.7 Å². The smallest absolute Gasteiger partial charge is 0.250 e. The van der Waals surface area contributed by atoms with Crippen LogP contribution in [0.4, 0.5) is 0 Å². The number of amides is 1. The summed E-state index contributed by atoms with van der Waals surface area (Å²) >= 11 is 7.47. The Kier molecular flexibility index (Phi) is 8.13. The summed E-state index contributed by atoms with van der Waals surface area (Å²) in [6.07, 6.45) is 3.17. The van der Waals surface area contributed by atoms with E-state index in [4.69, 9.17) is 11.6 Å². The Hall–Kier alpha value is -3.68. The van der Waals surface area contributed by atoms with Crippen molar-refractivity contribution in [2.45, 2.75) is 19.0 Å². The quantitative estimate of drug-likeness (QED) is 0.182. The highest BCUT2D eigenvalue weighted by atomic mass is 35.5. The third-order valence-corrected chi connectivity index (χ3v) is 6.18. The molecule has 0 aliphatic carbocycles. The van der Waals surface area contributed by atoms with Crippen molar-refractivity contribution in [1.29, 1.82) is 0 Å². The summed E-state index contributed by atoms with van der Waals surface area (Å²) in [6.45, 7) is 4.08.